The molecule has 0 aliphatic carbocycles. The summed E-state index contributed by atoms with van der Waals surface area (Å²) in [5.41, 5.74) is 9.32. The lowest BCUT2D eigenvalue weighted by Gasteiger charge is -2.07. The Morgan fingerprint density at radius 3 is 2.37 bits per heavy atom. The number of carbonyl (C=O) groups excluding carboxylic acids is 1. The van der Waals surface area contributed by atoms with Gasteiger partial charge in [-0.3, -0.25) is 15.6 Å². The van der Waals surface area contributed by atoms with Gasteiger partial charge in [-0.05, 0) is 36.5 Å². The first-order chi connectivity index (χ1) is 8.85. The summed E-state index contributed by atoms with van der Waals surface area (Å²) in [6.07, 6.45) is 0. The molecule has 0 unspecified atom stereocenters. The molecule has 0 aromatic heterocycles. The molecule has 1 rings (SSSR count). The van der Waals surface area contributed by atoms with Crippen LogP contribution >= 0.6 is 12.2 Å². The smallest absolute Gasteiger partial charge is 0.253 e. The van der Waals surface area contributed by atoms with Crippen LogP contribution < -0.4 is 21.3 Å². The van der Waals surface area contributed by atoms with Gasteiger partial charge in [0.15, 0.2) is 14.9 Å². The minimum Gasteiger partial charge on any atom is -0.497 e. The van der Waals surface area contributed by atoms with Crippen LogP contribution in [-0.2, 0) is 14.6 Å². The number of hydrogen-bond donors (Lipinski definition) is 3. The van der Waals surface area contributed by atoms with Crippen LogP contribution in [0.4, 0.5) is 0 Å². The molecule has 0 atom stereocenters. The lowest BCUT2D eigenvalue weighted by atomic mass is 10.3. The van der Waals surface area contributed by atoms with Gasteiger partial charge in [-0.15, -0.1) is 0 Å². The molecule has 0 spiro atoms. The fraction of sp³-hybridized carbons (Fsp3) is 0.200. The fourth-order valence-corrected chi connectivity index (χ4v) is 2.39. The number of rotatable bonds is 4. The van der Waals surface area contributed by atoms with Crippen molar-refractivity contribution in [3.05, 3.63) is 24.3 Å². The summed E-state index contributed by atoms with van der Waals surface area (Å²) in [7, 11) is -2.25. The monoisotopic (exact) mass is 303 g/mol. The van der Waals surface area contributed by atoms with Gasteiger partial charge in [-0.2, -0.15) is 0 Å². The topological polar surface area (TPSA) is 111 Å². The summed E-state index contributed by atoms with van der Waals surface area (Å²) in [5.74, 6) is -0.947. The third-order valence-corrected chi connectivity index (χ3v) is 3.80. The molecule has 0 fully saturated rings. The normalized spacial score (nSPS) is 10.6. The first kappa shape index (κ1) is 15.2. The maximum Gasteiger partial charge on any atom is 0.253 e. The highest BCUT2D eigenvalue weighted by atomic mass is 32.2. The molecule has 1 aromatic rings. The molecule has 0 aliphatic heterocycles. The van der Waals surface area contributed by atoms with Crippen molar-refractivity contribution < 1.29 is 17.9 Å². The zero-order valence-corrected chi connectivity index (χ0v) is 11.7. The molecule has 4 N–H and O–H groups in total. The quantitative estimate of drug-likeness (QED) is 0.500. The second-order valence-corrected chi connectivity index (χ2v) is 5.90. The number of amides is 1. The van der Waals surface area contributed by atoms with Crippen molar-refractivity contribution in [1.29, 1.82) is 0 Å². The largest absolute Gasteiger partial charge is 0.497 e. The van der Waals surface area contributed by atoms with Gasteiger partial charge in [0, 0.05) is 0 Å². The number of methoxy groups -OCH3 is 1. The summed E-state index contributed by atoms with van der Waals surface area (Å²) < 4.78 is 28.7. The molecule has 9 heteroatoms. The highest BCUT2D eigenvalue weighted by molar-refractivity contribution is 7.92. The van der Waals surface area contributed by atoms with E-state index in [0.717, 1.165) is 0 Å². The van der Waals surface area contributed by atoms with E-state index in [1.165, 1.54) is 31.4 Å². The van der Waals surface area contributed by atoms with E-state index in [2.05, 4.69) is 23.1 Å². The highest BCUT2D eigenvalue weighted by Gasteiger charge is 2.19. The van der Waals surface area contributed by atoms with E-state index in [1.54, 1.807) is 0 Å². The Morgan fingerprint density at radius 1 is 1.32 bits per heavy atom. The van der Waals surface area contributed by atoms with E-state index in [1.807, 2.05) is 0 Å². The SMILES string of the molecule is COc1ccc(S(=O)(=O)CC(=O)NNC(N)=S)cc1. The van der Waals surface area contributed by atoms with Crippen LogP contribution in [0.3, 0.4) is 0 Å². The molecule has 7 nitrogen and oxygen atoms in total. The van der Waals surface area contributed by atoms with Crippen LogP contribution in [0.1, 0.15) is 0 Å². The summed E-state index contributed by atoms with van der Waals surface area (Å²) >= 11 is 4.47. The predicted octanol–water partition coefficient (Wildman–Crippen LogP) is -0.667. The van der Waals surface area contributed by atoms with Gasteiger partial charge in [0.05, 0.1) is 12.0 Å². The van der Waals surface area contributed by atoms with Crippen molar-refractivity contribution >= 4 is 33.1 Å². The molecule has 0 heterocycles. The number of ether oxygens (including phenoxy) is 1. The molecule has 104 valence electrons. The fourth-order valence-electron chi connectivity index (χ4n) is 1.21. The number of thiocarbonyl (C=S) groups is 1. The van der Waals surface area contributed by atoms with Gasteiger partial charge >= 0.3 is 0 Å². The summed E-state index contributed by atoms with van der Waals surface area (Å²) in [6, 6.07) is 5.72. The third-order valence-electron chi connectivity index (χ3n) is 2.06. The molecule has 19 heavy (non-hydrogen) atoms. The first-order valence-corrected chi connectivity index (χ1v) is 7.12. The number of hydrazine groups is 1. The van der Waals surface area contributed by atoms with Crippen molar-refractivity contribution in [1.82, 2.24) is 10.9 Å². The molecule has 0 aliphatic rings. The van der Waals surface area contributed by atoms with Crippen molar-refractivity contribution in [3.8, 4) is 5.75 Å². The lowest BCUT2D eigenvalue weighted by molar-refractivity contribution is -0.119. The number of sulfone groups is 1. The van der Waals surface area contributed by atoms with Crippen LogP contribution in [0.5, 0.6) is 5.75 Å². The number of nitrogens with two attached hydrogens (primary N) is 1. The zero-order chi connectivity index (χ0) is 14.5. The first-order valence-electron chi connectivity index (χ1n) is 5.06. The number of benzene rings is 1. The molecule has 0 saturated carbocycles. The number of carbonyl (C=O) groups is 1. The van der Waals surface area contributed by atoms with Crippen molar-refractivity contribution in [2.45, 2.75) is 4.90 Å². The van der Waals surface area contributed by atoms with Crippen LogP contribution in [0, 0.1) is 0 Å². The molecular formula is C10H13N3O4S2. The van der Waals surface area contributed by atoms with E-state index in [0.29, 0.717) is 5.75 Å². The Balaban J connectivity index is 2.74. The van der Waals surface area contributed by atoms with Gasteiger partial charge in [0.2, 0.25) is 0 Å². The minimum absolute atomic E-state index is 0.0266. The molecular weight excluding hydrogens is 290 g/mol. The van der Waals surface area contributed by atoms with Gasteiger partial charge in [-0.25, -0.2) is 8.42 Å². The van der Waals surface area contributed by atoms with Crippen LogP contribution in [0.2, 0.25) is 0 Å². The van der Waals surface area contributed by atoms with E-state index in [-0.39, 0.29) is 10.0 Å². The predicted molar refractivity (Wildman–Crippen MR) is 73.1 cm³/mol. The standard InChI is InChI=1S/C10H13N3O4S2/c1-17-7-2-4-8(5-3-7)19(15,16)6-9(14)12-13-10(11)18/h2-5H,6H2,1H3,(H,12,14)(H3,11,13,18). The Hall–Kier alpha value is -1.87. The van der Waals surface area contributed by atoms with Gasteiger partial charge in [0.1, 0.15) is 11.5 Å². The average molecular weight is 303 g/mol. The maximum atomic E-state index is 11.9. The van der Waals surface area contributed by atoms with Crippen molar-refractivity contribution in [2.75, 3.05) is 12.9 Å². The molecule has 0 saturated heterocycles. The van der Waals surface area contributed by atoms with Crippen LogP contribution in [0.25, 0.3) is 0 Å². The summed E-state index contributed by atoms with van der Waals surface area (Å²) in [4.78, 5) is 11.4. The highest BCUT2D eigenvalue weighted by Crippen LogP contribution is 2.16. The molecule has 1 aromatic carbocycles. The molecule has 0 bridgehead atoms. The number of nitrogens with one attached hydrogen (secondary N) is 2. The lowest BCUT2D eigenvalue weighted by Crippen LogP contribution is -2.46. The van der Waals surface area contributed by atoms with Gasteiger partial charge in [0.25, 0.3) is 5.91 Å². The second kappa shape index (κ2) is 6.34. The Labute approximate surface area is 116 Å². The van der Waals surface area contributed by atoms with E-state index in [4.69, 9.17) is 10.5 Å². The number of hydrogen-bond acceptors (Lipinski definition) is 5. The van der Waals surface area contributed by atoms with Crippen LogP contribution in [0.15, 0.2) is 29.2 Å². The minimum atomic E-state index is -3.72. The van der Waals surface area contributed by atoms with Gasteiger partial charge < -0.3 is 10.5 Å². The summed E-state index contributed by atoms with van der Waals surface area (Å²) in [5, 5.41) is -0.157. The third kappa shape index (κ3) is 4.72. The molecule has 0 radical (unpaired) electrons. The Bertz CT molecular complexity index is 569. The average Bonchev–Trinajstić information content (AvgIpc) is 2.36. The van der Waals surface area contributed by atoms with E-state index >= 15 is 0 Å². The zero-order valence-electron chi connectivity index (χ0n) is 10.0. The van der Waals surface area contributed by atoms with Crippen molar-refractivity contribution in [3.63, 3.8) is 0 Å². The molecule has 1 amide bonds. The Morgan fingerprint density at radius 2 is 1.89 bits per heavy atom. The van der Waals surface area contributed by atoms with Gasteiger partial charge in [-0.1, -0.05) is 0 Å². The second-order valence-electron chi connectivity index (χ2n) is 3.47. The van der Waals surface area contributed by atoms with Crippen molar-refractivity contribution in [2.24, 2.45) is 5.73 Å². The van der Waals surface area contributed by atoms with E-state index < -0.39 is 21.5 Å². The Kier molecular flexibility index (Phi) is 5.07. The van der Waals surface area contributed by atoms with Crippen LogP contribution in [-0.4, -0.2) is 32.3 Å². The van der Waals surface area contributed by atoms with E-state index in [9.17, 15) is 13.2 Å². The maximum absolute atomic E-state index is 11.9. The summed E-state index contributed by atoms with van der Waals surface area (Å²) in [6.45, 7) is 0.